The van der Waals surface area contributed by atoms with Crippen molar-refractivity contribution in [3.05, 3.63) is 64.0 Å². The quantitative estimate of drug-likeness (QED) is 0.508. The van der Waals surface area contributed by atoms with E-state index in [1.54, 1.807) is 31.2 Å². The second kappa shape index (κ2) is 8.87. The number of carbonyl (C=O) groups excluding carboxylic acids is 3. The molecule has 0 aromatic heterocycles. The summed E-state index contributed by atoms with van der Waals surface area (Å²) in [5.74, 6) is -0.738. The van der Waals surface area contributed by atoms with Gasteiger partial charge in [-0.05, 0) is 70.9 Å². The van der Waals surface area contributed by atoms with Gasteiger partial charge < -0.3 is 15.4 Å². The van der Waals surface area contributed by atoms with E-state index < -0.39 is 11.9 Å². The Morgan fingerprint density at radius 1 is 1.24 bits per heavy atom. The van der Waals surface area contributed by atoms with E-state index in [-0.39, 0.29) is 24.0 Å². The number of carbonyl (C=O) groups is 3. The smallest absolute Gasteiger partial charge is 0.328 e. The number of amides is 4. The molecule has 0 atom stereocenters. The van der Waals surface area contributed by atoms with Crippen molar-refractivity contribution in [3.63, 3.8) is 0 Å². The lowest BCUT2D eigenvalue weighted by molar-refractivity contribution is -0.122. The van der Waals surface area contributed by atoms with E-state index in [1.807, 2.05) is 0 Å². The molecule has 29 heavy (non-hydrogen) atoms. The number of nitrogens with one attached hydrogen (secondary N) is 2. The van der Waals surface area contributed by atoms with Crippen LogP contribution in [0, 0.1) is 5.82 Å². The molecule has 2 aromatic rings. The summed E-state index contributed by atoms with van der Waals surface area (Å²) >= 11 is 3.36. The molecular formula is C20H17BrFN3O4. The van der Waals surface area contributed by atoms with Crippen LogP contribution in [-0.4, -0.2) is 35.9 Å². The topological polar surface area (TPSA) is 87.7 Å². The Balaban J connectivity index is 1.62. The van der Waals surface area contributed by atoms with Gasteiger partial charge in [-0.3, -0.25) is 14.5 Å². The van der Waals surface area contributed by atoms with Gasteiger partial charge in [0.15, 0.2) is 6.61 Å². The first-order valence-corrected chi connectivity index (χ1v) is 9.49. The molecule has 0 saturated carbocycles. The minimum atomic E-state index is -0.449. The van der Waals surface area contributed by atoms with Crippen molar-refractivity contribution in [2.24, 2.45) is 0 Å². The molecule has 2 N–H and O–H groups in total. The number of halogens is 2. The van der Waals surface area contributed by atoms with E-state index >= 15 is 0 Å². The summed E-state index contributed by atoms with van der Waals surface area (Å²) in [4.78, 5) is 36.9. The molecule has 0 aliphatic carbocycles. The predicted octanol–water partition coefficient (Wildman–Crippen LogP) is 3.52. The number of urea groups is 1. The molecule has 7 nitrogen and oxygen atoms in total. The van der Waals surface area contributed by atoms with Gasteiger partial charge in [-0.2, -0.15) is 0 Å². The molecule has 1 aliphatic heterocycles. The fourth-order valence-electron chi connectivity index (χ4n) is 2.62. The Morgan fingerprint density at radius 3 is 2.59 bits per heavy atom. The van der Waals surface area contributed by atoms with Crippen LogP contribution in [0.1, 0.15) is 12.5 Å². The first-order valence-electron chi connectivity index (χ1n) is 8.69. The summed E-state index contributed by atoms with van der Waals surface area (Å²) < 4.78 is 19.0. The van der Waals surface area contributed by atoms with Crippen LogP contribution in [-0.2, 0) is 9.59 Å². The highest BCUT2D eigenvalue weighted by Gasteiger charge is 2.31. The number of hydrogen-bond donors (Lipinski definition) is 2. The Bertz CT molecular complexity index is 992. The summed E-state index contributed by atoms with van der Waals surface area (Å²) in [6, 6.07) is 9.99. The fraction of sp³-hybridized carbons (Fsp3) is 0.150. The molecule has 1 heterocycles. The Labute approximate surface area is 174 Å². The van der Waals surface area contributed by atoms with Crippen LogP contribution in [0.3, 0.4) is 0 Å². The number of nitrogens with zero attached hydrogens (tertiary/aromatic N) is 1. The summed E-state index contributed by atoms with van der Waals surface area (Å²) in [6.07, 6.45) is 1.56. The lowest BCUT2D eigenvalue weighted by atomic mass is 10.2. The Morgan fingerprint density at radius 2 is 1.97 bits per heavy atom. The van der Waals surface area contributed by atoms with Crippen LogP contribution in [0.25, 0.3) is 6.08 Å². The van der Waals surface area contributed by atoms with Crippen molar-refractivity contribution >= 4 is 45.5 Å². The molecule has 1 saturated heterocycles. The maximum atomic E-state index is 12.9. The van der Waals surface area contributed by atoms with Crippen LogP contribution >= 0.6 is 15.9 Å². The molecule has 150 valence electrons. The maximum absolute atomic E-state index is 12.9. The Hall–Kier alpha value is -3.20. The third-order valence-electron chi connectivity index (χ3n) is 4.03. The van der Waals surface area contributed by atoms with E-state index in [9.17, 15) is 18.8 Å². The molecule has 0 unspecified atom stereocenters. The van der Waals surface area contributed by atoms with E-state index in [0.717, 1.165) is 4.90 Å². The zero-order chi connectivity index (χ0) is 21.0. The SMILES string of the molecule is CCN1C(=O)N/C(=C/c2ccc(OCC(=O)Nc3ccc(F)cc3)c(Br)c2)C1=O. The molecule has 0 radical (unpaired) electrons. The second-order valence-electron chi connectivity index (χ2n) is 6.07. The highest BCUT2D eigenvalue weighted by molar-refractivity contribution is 9.10. The molecule has 3 rings (SSSR count). The predicted molar refractivity (Wildman–Crippen MR) is 109 cm³/mol. The summed E-state index contributed by atoms with van der Waals surface area (Å²) in [5, 5.41) is 5.13. The van der Waals surface area contributed by atoms with Gasteiger partial charge in [-0.15, -0.1) is 0 Å². The number of likely N-dealkylation sites (N-methyl/N-ethyl adjacent to an activating group) is 1. The maximum Gasteiger partial charge on any atom is 0.328 e. The van der Waals surface area contributed by atoms with Gasteiger partial charge in [-0.1, -0.05) is 6.07 Å². The lowest BCUT2D eigenvalue weighted by Crippen LogP contribution is -2.30. The number of anilines is 1. The number of imide groups is 1. The Kier molecular flexibility index (Phi) is 6.28. The highest BCUT2D eigenvalue weighted by Crippen LogP contribution is 2.27. The van der Waals surface area contributed by atoms with Gasteiger partial charge in [-0.25, -0.2) is 9.18 Å². The van der Waals surface area contributed by atoms with Gasteiger partial charge in [0.2, 0.25) is 0 Å². The number of rotatable bonds is 6. The summed E-state index contributed by atoms with van der Waals surface area (Å²) in [7, 11) is 0. The fourth-order valence-corrected chi connectivity index (χ4v) is 3.13. The minimum absolute atomic E-state index is 0.191. The van der Waals surface area contributed by atoms with Gasteiger partial charge in [0.05, 0.1) is 4.47 Å². The minimum Gasteiger partial charge on any atom is -0.483 e. The van der Waals surface area contributed by atoms with Crippen LogP contribution in [0.15, 0.2) is 52.6 Å². The van der Waals surface area contributed by atoms with Gasteiger partial charge >= 0.3 is 6.03 Å². The van der Waals surface area contributed by atoms with Crippen molar-refractivity contribution in [1.29, 1.82) is 0 Å². The molecule has 0 bridgehead atoms. The third-order valence-corrected chi connectivity index (χ3v) is 4.65. The van der Waals surface area contributed by atoms with E-state index in [2.05, 4.69) is 26.6 Å². The lowest BCUT2D eigenvalue weighted by Gasteiger charge is -2.10. The third kappa shape index (κ3) is 5.00. The van der Waals surface area contributed by atoms with Crippen molar-refractivity contribution in [2.75, 3.05) is 18.5 Å². The van der Waals surface area contributed by atoms with Crippen molar-refractivity contribution < 1.29 is 23.5 Å². The van der Waals surface area contributed by atoms with E-state index in [0.29, 0.717) is 28.0 Å². The van der Waals surface area contributed by atoms with Crippen LogP contribution < -0.4 is 15.4 Å². The molecule has 9 heteroatoms. The van der Waals surface area contributed by atoms with Crippen LogP contribution in [0.5, 0.6) is 5.75 Å². The van der Waals surface area contributed by atoms with Crippen LogP contribution in [0.4, 0.5) is 14.9 Å². The zero-order valence-electron chi connectivity index (χ0n) is 15.4. The average molecular weight is 462 g/mol. The highest BCUT2D eigenvalue weighted by atomic mass is 79.9. The van der Waals surface area contributed by atoms with E-state index in [1.165, 1.54) is 24.3 Å². The zero-order valence-corrected chi connectivity index (χ0v) is 17.0. The molecule has 1 aliphatic rings. The average Bonchev–Trinajstić information content (AvgIpc) is 2.95. The molecule has 1 fully saturated rings. The van der Waals surface area contributed by atoms with Gasteiger partial charge in [0.1, 0.15) is 17.3 Å². The first-order chi connectivity index (χ1) is 13.9. The number of hydrogen-bond acceptors (Lipinski definition) is 4. The largest absolute Gasteiger partial charge is 0.483 e. The normalized spacial score (nSPS) is 14.9. The van der Waals surface area contributed by atoms with Crippen LogP contribution in [0.2, 0.25) is 0 Å². The molecule has 4 amide bonds. The summed E-state index contributed by atoms with van der Waals surface area (Å²) in [6.45, 7) is 1.77. The summed E-state index contributed by atoms with van der Waals surface area (Å²) in [5.41, 5.74) is 1.32. The van der Waals surface area contributed by atoms with E-state index in [4.69, 9.17) is 4.74 Å². The van der Waals surface area contributed by atoms with Gasteiger partial charge in [0, 0.05) is 12.2 Å². The monoisotopic (exact) mass is 461 g/mol. The number of ether oxygens (including phenoxy) is 1. The molecular weight excluding hydrogens is 445 g/mol. The van der Waals surface area contributed by atoms with Crippen molar-refractivity contribution in [3.8, 4) is 5.75 Å². The first kappa shape index (κ1) is 20.5. The van der Waals surface area contributed by atoms with Crippen molar-refractivity contribution in [1.82, 2.24) is 10.2 Å². The number of benzene rings is 2. The molecule has 2 aromatic carbocycles. The van der Waals surface area contributed by atoms with Gasteiger partial charge in [0.25, 0.3) is 11.8 Å². The molecule has 0 spiro atoms. The standard InChI is InChI=1S/C20H17BrFN3O4/c1-2-25-19(27)16(24-20(25)28)10-12-3-8-17(15(21)9-12)29-11-18(26)23-14-6-4-13(22)5-7-14/h3-10H,2,11H2,1H3,(H,23,26)(H,24,28)/b16-10+. The van der Waals surface area contributed by atoms with Crippen molar-refractivity contribution in [2.45, 2.75) is 6.92 Å². The second-order valence-corrected chi connectivity index (χ2v) is 6.93.